The van der Waals surface area contributed by atoms with Crippen LogP contribution in [0.5, 0.6) is 0 Å². The normalized spacial score (nSPS) is 27.7. The number of carboxylic acid groups (broad SMARTS) is 1. The second-order valence-corrected chi connectivity index (χ2v) is 7.11. The molecule has 1 unspecified atom stereocenters. The zero-order valence-electron chi connectivity index (χ0n) is 10.7. The van der Waals surface area contributed by atoms with Gasteiger partial charge in [0.2, 0.25) is 0 Å². The Morgan fingerprint density at radius 2 is 2.05 bits per heavy atom. The molecule has 0 aromatic heterocycles. The number of hydrogen-bond donors (Lipinski definition) is 3. The molecule has 110 valence electrons. The predicted molar refractivity (Wildman–Crippen MR) is 67.7 cm³/mol. The number of aliphatic hydroxyl groups excluding tert-OH is 1. The van der Waals surface area contributed by atoms with Crippen molar-refractivity contribution in [3.8, 4) is 0 Å². The maximum Gasteiger partial charge on any atom is 0.307 e. The van der Waals surface area contributed by atoms with Crippen LogP contribution in [0.3, 0.4) is 0 Å². The lowest BCUT2D eigenvalue weighted by molar-refractivity contribution is -0.142. The highest BCUT2D eigenvalue weighted by atomic mass is 32.2. The minimum Gasteiger partial charge on any atom is -0.481 e. The van der Waals surface area contributed by atoms with Gasteiger partial charge in [0.15, 0.2) is 0 Å². The summed E-state index contributed by atoms with van der Waals surface area (Å²) in [5.74, 6) is -1.60. The van der Waals surface area contributed by atoms with E-state index in [1.807, 2.05) is 0 Å². The Labute approximate surface area is 112 Å². The standard InChI is InChI=1S/C11H20N2O5S/c14-8-11(4-2-5-11)12-19(17,18)13-6-1-3-9(7-13)10(15)16/h9,12,14H,1-8H2,(H,15,16). The van der Waals surface area contributed by atoms with Gasteiger partial charge < -0.3 is 10.2 Å². The number of carboxylic acids is 1. The molecule has 1 aliphatic heterocycles. The van der Waals surface area contributed by atoms with Gasteiger partial charge in [-0.05, 0) is 32.1 Å². The van der Waals surface area contributed by atoms with Crippen LogP contribution in [0.15, 0.2) is 0 Å². The molecule has 19 heavy (non-hydrogen) atoms. The van der Waals surface area contributed by atoms with Gasteiger partial charge in [-0.2, -0.15) is 17.4 Å². The van der Waals surface area contributed by atoms with E-state index >= 15 is 0 Å². The first-order valence-corrected chi connectivity index (χ1v) is 7.95. The minimum atomic E-state index is -3.72. The highest BCUT2D eigenvalue weighted by Gasteiger charge is 2.42. The molecule has 1 atom stereocenters. The maximum atomic E-state index is 12.2. The first-order chi connectivity index (χ1) is 8.88. The molecule has 1 saturated heterocycles. The molecule has 3 N–H and O–H groups in total. The third kappa shape index (κ3) is 3.07. The average molecular weight is 292 g/mol. The predicted octanol–water partition coefficient (Wildman–Crippen LogP) is -0.468. The van der Waals surface area contributed by atoms with Crippen molar-refractivity contribution in [3.05, 3.63) is 0 Å². The van der Waals surface area contributed by atoms with Gasteiger partial charge in [-0.15, -0.1) is 0 Å². The molecule has 0 amide bonds. The lowest BCUT2D eigenvalue weighted by atomic mass is 9.78. The molecule has 0 aromatic carbocycles. The number of nitrogens with zero attached hydrogens (tertiary/aromatic N) is 1. The number of rotatable bonds is 5. The van der Waals surface area contributed by atoms with Crippen LogP contribution in [0.1, 0.15) is 32.1 Å². The fraction of sp³-hybridized carbons (Fsp3) is 0.909. The molecule has 1 heterocycles. The van der Waals surface area contributed by atoms with E-state index in [-0.39, 0.29) is 13.2 Å². The minimum absolute atomic E-state index is 0.00613. The summed E-state index contributed by atoms with van der Waals surface area (Å²) in [5, 5.41) is 18.3. The largest absolute Gasteiger partial charge is 0.481 e. The molecule has 2 rings (SSSR count). The number of aliphatic hydroxyl groups is 1. The summed E-state index contributed by atoms with van der Waals surface area (Å²) in [6, 6.07) is 0. The smallest absolute Gasteiger partial charge is 0.307 e. The van der Waals surface area contributed by atoms with E-state index in [4.69, 9.17) is 5.11 Å². The summed E-state index contributed by atoms with van der Waals surface area (Å²) in [6.45, 7) is 0.120. The first-order valence-electron chi connectivity index (χ1n) is 6.51. The maximum absolute atomic E-state index is 12.2. The van der Waals surface area contributed by atoms with Crippen molar-refractivity contribution in [2.24, 2.45) is 5.92 Å². The second-order valence-electron chi connectivity index (χ2n) is 5.43. The van der Waals surface area contributed by atoms with Gasteiger partial charge in [0.25, 0.3) is 10.2 Å². The van der Waals surface area contributed by atoms with Gasteiger partial charge in [0.05, 0.1) is 18.1 Å². The van der Waals surface area contributed by atoms with Crippen molar-refractivity contribution < 1.29 is 23.4 Å². The van der Waals surface area contributed by atoms with E-state index in [9.17, 15) is 18.3 Å². The molecule has 0 spiro atoms. The topological polar surface area (TPSA) is 107 Å². The van der Waals surface area contributed by atoms with Crippen LogP contribution in [0, 0.1) is 5.92 Å². The van der Waals surface area contributed by atoms with Crippen molar-refractivity contribution in [2.45, 2.75) is 37.6 Å². The van der Waals surface area contributed by atoms with Gasteiger partial charge in [-0.1, -0.05) is 0 Å². The third-order valence-corrected chi connectivity index (χ3v) is 5.73. The Morgan fingerprint density at radius 1 is 1.37 bits per heavy atom. The molecule has 1 saturated carbocycles. The van der Waals surface area contributed by atoms with E-state index in [0.717, 1.165) is 6.42 Å². The van der Waals surface area contributed by atoms with Gasteiger partial charge >= 0.3 is 5.97 Å². The molecule has 7 nitrogen and oxygen atoms in total. The van der Waals surface area contributed by atoms with Gasteiger partial charge in [-0.25, -0.2) is 0 Å². The summed E-state index contributed by atoms with van der Waals surface area (Å²) in [5.41, 5.74) is -0.741. The molecule has 0 radical (unpaired) electrons. The van der Waals surface area contributed by atoms with E-state index in [2.05, 4.69) is 4.72 Å². The quantitative estimate of drug-likeness (QED) is 0.635. The molecular formula is C11H20N2O5S. The van der Waals surface area contributed by atoms with E-state index in [0.29, 0.717) is 32.2 Å². The van der Waals surface area contributed by atoms with Crippen LogP contribution in [0.2, 0.25) is 0 Å². The molecule has 0 aromatic rings. The number of hydrogen-bond acceptors (Lipinski definition) is 4. The highest BCUT2D eigenvalue weighted by molar-refractivity contribution is 7.87. The van der Waals surface area contributed by atoms with Crippen molar-refractivity contribution in [1.29, 1.82) is 0 Å². The fourth-order valence-electron chi connectivity index (χ4n) is 2.60. The Morgan fingerprint density at radius 3 is 2.53 bits per heavy atom. The lowest BCUT2D eigenvalue weighted by Gasteiger charge is -2.42. The molecule has 1 aliphatic carbocycles. The van der Waals surface area contributed by atoms with E-state index in [1.165, 1.54) is 4.31 Å². The van der Waals surface area contributed by atoms with Crippen molar-refractivity contribution >= 4 is 16.2 Å². The summed E-state index contributed by atoms with van der Waals surface area (Å²) in [4.78, 5) is 11.0. The van der Waals surface area contributed by atoms with Crippen LogP contribution in [-0.2, 0) is 15.0 Å². The van der Waals surface area contributed by atoms with Crippen molar-refractivity contribution in [3.63, 3.8) is 0 Å². The molecular weight excluding hydrogens is 272 g/mol. The molecule has 2 fully saturated rings. The average Bonchev–Trinajstić information content (AvgIpc) is 2.34. The Hall–Kier alpha value is -0.700. The number of nitrogens with one attached hydrogen (secondary N) is 1. The Kier molecular flexibility index (Phi) is 4.14. The van der Waals surface area contributed by atoms with Gasteiger partial charge in [0, 0.05) is 13.1 Å². The van der Waals surface area contributed by atoms with E-state index < -0.39 is 27.6 Å². The van der Waals surface area contributed by atoms with Gasteiger partial charge in [0.1, 0.15) is 0 Å². The number of piperidine rings is 1. The van der Waals surface area contributed by atoms with Crippen LogP contribution in [0.25, 0.3) is 0 Å². The van der Waals surface area contributed by atoms with Crippen molar-refractivity contribution in [1.82, 2.24) is 9.03 Å². The van der Waals surface area contributed by atoms with Crippen LogP contribution < -0.4 is 4.72 Å². The highest BCUT2D eigenvalue weighted by Crippen LogP contribution is 2.32. The second kappa shape index (κ2) is 5.35. The zero-order valence-corrected chi connectivity index (χ0v) is 11.5. The van der Waals surface area contributed by atoms with E-state index in [1.54, 1.807) is 0 Å². The summed E-state index contributed by atoms with van der Waals surface area (Å²) < 4.78 is 28.2. The number of aliphatic carboxylic acids is 1. The SMILES string of the molecule is O=C(O)C1CCCN(S(=O)(=O)NC2(CO)CCC2)C1. The fourth-order valence-corrected chi connectivity index (χ4v) is 4.29. The summed E-state index contributed by atoms with van der Waals surface area (Å²) in [6.07, 6.45) is 3.19. The van der Waals surface area contributed by atoms with Crippen LogP contribution in [0.4, 0.5) is 0 Å². The summed E-state index contributed by atoms with van der Waals surface area (Å²) >= 11 is 0. The lowest BCUT2D eigenvalue weighted by Crippen LogP contribution is -2.60. The third-order valence-electron chi connectivity index (χ3n) is 4.03. The van der Waals surface area contributed by atoms with Gasteiger partial charge in [-0.3, -0.25) is 4.79 Å². The molecule has 0 bridgehead atoms. The Bertz CT molecular complexity index is 440. The van der Waals surface area contributed by atoms with Crippen LogP contribution >= 0.6 is 0 Å². The Balaban J connectivity index is 2.04. The molecule has 8 heteroatoms. The number of carbonyl (C=O) groups is 1. The van der Waals surface area contributed by atoms with Crippen LogP contribution in [-0.4, -0.2) is 54.1 Å². The zero-order chi connectivity index (χ0) is 14.1. The first kappa shape index (κ1) is 14.7. The monoisotopic (exact) mass is 292 g/mol. The van der Waals surface area contributed by atoms with Crippen molar-refractivity contribution in [2.75, 3.05) is 19.7 Å². The summed E-state index contributed by atoms with van der Waals surface area (Å²) in [7, 11) is -3.72. The molecule has 2 aliphatic rings.